The highest BCUT2D eigenvalue weighted by Gasteiger charge is 2.71. The number of hydrogen-bond acceptors (Lipinski definition) is 1. The second kappa shape index (κ2) is 4.31. The van der Waals surface area contributed by atoms with Crippen LogP contribution >= 0.6 is 0 Å². The van der Waals surface area contributed by atoms with Crippen molar-refractivity contribution in [1.82, 2.24) is 0 Å². The van der Waals surface area contributed by atoms with Gasteiger partial charge in [-0.3, -0.25) is 0 Å². The predicted molar refractivity (Wildman–Crippen MR) is 52.5 cm³/mol. The molecule has 0 fully saturated rings. The minimum Gasteiger partial charge on any atom is -0.369 e. The standard InChI is InChI=1S/C11H8F6O/c1-2-7-5-3-4-6-8(7)9(18,10(12,13)14)11(15,16)17/h2-6,18H,1H2. The van der Waals surface area contributed by atoms with Crippen molar-refractivity contribution in [1.29, 1.82) is 0 Å². The smallest absolute Gasteiger partial charge is 0.369 e. The minimum absolute atomic E-state index is 0.436. The summed E-state index contributed by atoms with van der Waals surface area (Å²) in [5, 5.41) is 9.17. The van der Waals surface area contributed by atoms with Crippen molar-refractivity contribution in [3.8, 4) is 0 Å². The lowest BCUT2D eigenvalue weighted by Gasteiger charge is -2.33. The highest BCUT2D eigenvalue weighted by atomic mass is 19.4. The van der Waals surface area contributed by atoms with E-state index in [0.717, 1.165) is 18.2 Å². The monoisotopic (exact) mass is 270 g/mol. The first-order chi connectivity index (χ1) is 8.05. The third-order valence-electron chi connectivity index (χ3n) is 2.39. The van der Waals surface area contributed by atoms with E-state index in [-0.39, 0.29) is 0 Å². The third kappa shape index (κ3) is 2.10. The van der Waals surface area contributed by atoms with Crippen LogP contribution in [0.1, 0.15) is 11.1 Å². The fraction of sp³-hybridized carbons (Fsp3) is 0.273. The van der Waals surface area contributed by atoms with E-state index in [2.05, 4.69) is 6.58 Å². The van der Waals surface area contributed by atoms with Crippen molar-refractivity contribution in [2.75, 3.05) is 0 Å². The van der Waals surface area contributed by atoms with Crippen LogP contribution in [0.2, 0.25) is 0 Å². The zero-order valence-corrected chi connectivity index (χ0v) is 8.81. The number of rotatable bonds is 2. The molecule has 0 aliphatic carbocycles. The van der Waals surface area contributed by atoms with E-state index in [1.807, 2.05) is 0 Å². The molecule has 0 saturated heterocycles. The summed E-state index contributed by atoms with van der Waals surface area (Å²) in [6, 6.07) is 3.79. The second-order valence-electron chi connectivity index (χ2n) is 3.50. The van der Waals surface area contributed by atoms with Crippen molar-refractivity contribution in [3.05, 3.63) is 42.0 Å². The first-order valence-electron chi connectivity index (χ1n) is 4.63. The number of hydrogen-bond donors (Lipinski definition) is 1. The Kier molecular flexibility index (Phi) is 3.49. The van der Waals surface area contributed by atoms with Gasteiger partial charge >= 0.3 is 12.4 Å². The Bertz CT molecular complexity index is 432. The minimum atomic E-state index is -5.88. The van der Waals surface area contributed by atoms with Gasteiger partial charge in [0, 0.05) is 5.56 Å². The van der Waals surface area contributed by atoms with Crippen LogP contribution in [0.4, 0.5) is 26.3 Å². The summed E-state index contributed by atoms with van der Waals surface area (Å²) in [7, 11) is 0. The molecule has 0 unspecified atom stereocenters. The van der Waals surface area contributed by atoms with Crippen molar-refractivity contribution in [2.24, 2.45) is 0 Å². The zero-order chi connectivity index (χ0) is 14.2. The first kappa shape index (κ1) is 14.6. The van der Waals surface area contributed by atoms with Crippen LogP contribution in [-0.4, -0.2) is 17.5 Å². The lowest BCUT2D eigenvalue weighted by atomic mass is 9.88. The molecule has 0 aliphatic heterocycles. The van der Waals surface area contributed by atoms with Gasteiger partial charge in [-0.1, -0.05) is 36.9 Å². The Morgan fingerprint density at radius 2 is 1.39 bits per heavy atom. The molecule has 1 aromatic rings. The predicted octanol–water partition coefficient (Wildman–Crippen LogP) is 3.64. The SMILES string of the molecule is C=Cc1ccccc1C(O)(C(F)(F)F)C(F)(F)F. The van der Waals surface area contributed by atoms with E-state index in [9.17, 15) is 26.3 Å². The van der Waals surface area contributed by atoms with Crippen molar-refractivity contribution >= 4 is 6.08 Å². The Labute approximate surface area is 98.4 Å². The molecule has 7 heteroatoms. The quantitative estimate of drug-likeness (QED) is 0.813. The van der Waals surface area contributed by atoms with E-state index in [4.69, 9.17) is 5.11 Å². The average molecular weight is 270 g/mol. The second-order valence-corrected chi connectivity index (χ2v) is 3.50. The molecule has 0 atom stereocenters. The number of halogens is 6. The van der Waals surface area contributed by atoms with Gasteiger partial charge in [0.05, 0.1) is 0 Å². The fourth-order valence-corrected chi connectivity index (χ4v) is 1.47. The maximum atomic E-state index is 12.6. The van der Waals surface area contributed by atoms with Crippen molar-refractivity contribution < 1.29 is 31.4 Å². The summed E-state index contributed by atoms with van der Waals surface area (Å²) in [5.41, 5.74) is -6.64. The van der Waals surface area contributed by atoms with Gasteiger partial charge in [0.2, 0.25) is 0 Å². The summed E-state index contributed by atoms with van der Waals surface area (Å²) < 4.78 is 75.6. The summed E-state index contributed by atoms with van der Waals surface area (Å²) in [6.45, 7) is 3.12. The Balaban J connectivity index is 3.61. The molecule has 0 spiro atoms. The Hall–Kier alpha value is -1.50. The van der Waals surface area contributed by atoms with Crippen LogP contribution in [0, 0.1) is 0 Å². The lowest BCUT2D eigenvalue weighted by molar-refractivity contribution is -0.376. The van der Waals surface area contributed by atoms with Crippen molar-refractivity contribution in [3.63, 3.8) is 0 Å². The molecule has 18 heavy (non-hydrogen) atoms. The van der Waals surface area contributed by atoms with Gasteiger partial charge in [-0.15, -0.1) is 0 Å². The van der Waals surface area contributed by atoms with Crippen LogP contribution in [0.5, 0.6) is 0 Å². The molecule has 100 valence electrons. The largest absolute Gasteiger partial charge is 0.430 e. The van der Waals surface area contributed by atoms with Gasteiger partial charge in [-0.05, 0) is 5.56 Å². The summed E-state index contributed by atoms with van der Waals surface area (Å²) >= 11 is 0. The molecular weight excluding hydrogens is 262 g/mol. The van der Waals surface area contributed by atoms with Gasteiger partial charge in [0.1, 0.15) is 0 Å². The maximum Gasteiger partial charge on any atom is 0.430 e. The zero-order valence-electron chi connectivity index (χ0n) is 8.81. The molecule has 1 rings (SSSR count). The molecule has 0 radical (unpaired) electrons. The van der Waals surface area contributed by atoms with E-state index < -0.39 is 29.1 Å². The summed E-state index contributed by atoms with van der Waals surface area (Å²) in [5.74, 6) is 0. The number of aliphatic hydroxyl groups is 1. The Morgan fingerprint density at radius 1 is 0.944 bits per heavy atom. The van der Waals surface area contributed by atoms with Gasteiger partial charge in [0.15, 0.2) is 0 Å². The molecule has 1 N–H and O–H groups in total. The molecule has 0 saturated carbocycles. The normalized spacial score (nSPS) is 13.5. The molecule has 0 aromatic heterocycles. The van der Waals surface area contributed by atoms with Crippen LogP contribution in [0.15, 0.2) is 30.8 Å². The van der Waals surface area contributed by atoms with E-state index in [1.165, 1.54) is 6.07 Å². The first-order valence-corrected chi connectivity index (χ1v) is 4.63. The number of benzene rings is 1. The molecular formula is C11H8F6O. The third-order valence-corrected chi connectivity index (χ3v) is 2.39. The van der Waals surface area contributed by atoms with Gasteiger partial charge < -0.3 is 5.11 Å². The molecule has 0 heterocycles. The highest BCUT2D eigenvalue weighted by molar-refractivity contribution is 5.54. The molecule has 1 nitrogen and oxygen atoms in total. The fourth-order valence-electron chi connectivity index (χ4n) is 1.47. The van der Waals surface area contributed by atoms with Gasteiger partial charge in [-0.25, -0.2) is 0 Å². The molecule has 0 bridgehead atoms. The van der Waals surface area contributed by atoms with Gasteiger partial charge in [-0.2, -0.15) is 26.3 Å². The molecule has 1 aromatic carbocycles. The van der Waals surface area contributed by atoms with Crippen LogP contribution in [0.3, 0.4) is 0 Å². The average Bonchev–Trinajstić information content (AvgIpc) is 2.24. The van der Waals surface area contributed by atoms with E-state index >= 15 is 0 Å². The maximum absolute atomic E-state index is 12.6. The van der Waals surface area contributed by atoms with E-state index in [1.54, 1.807) is 0 Å². The van der Waals surface area contributed by atoms with Crippen molar-refractivity contribution in [2.45, 2.75) is 18.0 Å². The highest BCUT2D eigenvalue weighted by Crippen LogP contribution is 2.50. The lowest BCUT2D eigenvalue weighted by Crippen LogP contribution is -2.54. The summed E-state index contributed by atoms with van der Waals surface area (Å²) in [4.78, 5) is 0. The topological polar surface area (TPSA) is 20.2 Å². The van der Waals surface area contributed by atoms with Crippen LogP contribution < -0.4 is 0 Å². The number of alkyl halides is 6. The molecule has 0 aliphatic rings. The summed E-state index contributed by atoms with van der Waals surface area (Å²) in [6.07, 6.45) is -11.0. The van der Waals surface area contributed by atoms with Gasteiger partial charge in [0.25, 0.3) is 5.60 Å². The molecule has 0 amide bonds. The van der Waals surface area contributed by atoms with Crippen LogP contribution in [-0.2, 0) is 5.60 Å². The Morgan fingerprint density at radius 3 is 1.78 bits per heavy atom. The van der Waals surface area contributed by atoms with Crippen LogP contribution in [0.25, 0.3) is 6.08 Å². The van der Waals surface area contributed by atoms with E-state index in [0.29, 0.717) is 6.07 Å².